The molecule has 2 bridgehead atoms. The van der Waals surface area contributed by atoms with Crippen molar-refractivity contribution in [3.05, 3.63) is 39.9 Å². The van der Waals surface area contributed by atoms with Crippen LogP contribution in [0.25, 0.3) is 32.4 Å². The number of pyridine rings is 2. The fourth-order valence-corrected chi connectivity index (χ4v) is 9.41. The van der Waals surface area contributed by atoms with Gasteiger partial charge in [0, 0.05) is 50.2 Å². The monoisotopic (exact) mass is 658 g/mol. The molecule has 4 saturated heterocycles. The van der Waals surface area contributed by atoms with Crippen molar-refractivity contribution in [2.24, 2.45) is 5.92 Å². The highest BCUT2D eigenvalue weighted by Gasteiger charge is 2.49. The van der Waals surface area contributed by atoms with Crippen LogP contribution in [0.15, 0.2) is 23.0 Å². The predicted molar refractivity (Wildman–Crippen MR) is 177 cm³/mol. The van der Waals surface area contributed by atoms with E-state index in [1.807, 2.05) is 6.07 Å². The lowest BCUT2D eigenvalue weighted by Crippen LogP contribution is -2.51. The van der Waals surface area contributed by atoms with Crippen molar-refractivity contribution in [2.45, 2.75) is 75.3 Å². The minimum Gasteiger partial charge on any atom is -0.475 e. The van der Waals surface area contributed by atoms with Gasteiger partial charge in [0.15, 0.2) is 5.13 Å². The number of thiazole rings is 1. The Morgan fingerprint density at radius 1 is 1.17 bits per heavy atom. The zero-order chi connectivity index (χ0) is 32.0. The molecule has 47 heavy (non-hydrogen) atoms. The van der Waals surface area contributed by atoms with E-state index in [4.69, 9.17) is 15.5 Å². The number of hydrogen-bond donors (Lipinski definition) is 2. The molecule has 0 radical (unpaired) electrons. The Bertz CT molecular complexity index is 2030. The van der Waals surface area contributed by atoms with E-state index < -0.39 is 17.5 Å². The molecule has 0 spiro atoms. The maximum absolute atomic E-state index is 14.9. The molecule has 5 aliphatic rings. The number of nitrogens with zero attached hydrogens (tertiary/aromatic N) is 6. The van der Waals surface area contributed by atoms with E-state index in [0.29, 0.717) is 76.6 Å². The zero-order valence-electron chi connectivity index (χ0n) is 26.0. The summed E-state index contributed by atoms with van der Waals surface area (Å²) in [4.78, 5) is 28.5. The van der Waals surface area contributed by atoms with Gasteiger partial charge in [-0.25, -0.2) is 18.7 Å². The molecule has 13 heteroatoms. The highest BCUT2D eigenvalue weighted by molar-refractivity contribution is 7.22. The number of halogens is 2. The predicted octanol–water partition coefficient (Wildman–Crippen LogP) is 4.57. The van der Waals surface area contributed by atoms with E-state index in [9.17, 15) is 18.8 Å². The zero-order valence-corrected chi connectivity index (χ0v) is 26.8. The lowest BCUT2D eigenvalue weighted by atomic mass is 9.95. The lowest BCUT2D eigenvalue weighted by Gasteiger charge is -2.36. The number of alkyl halides is 1. The van der Waals surface area contributed by atoms with Crippen LogP contribution < -0.4 is 26.2 Å². The van der Waals surface area contributed by atoms with Crippen molar-refractivity contribution in [1.29, 1.82) is 5.26 Å². The first-order chi connectivity index (χ1) is 22.8. The fourth-order valence-electron chi connectivity index (χ4n) is 8.65. The maximum atomic E-state index is 14.9. The summed E-state index contributed by atoms with van der Waals surface area (Å²) < 4.78 is 38.1. The Hall–Kier alpha value is -3.86. The molecule has 7 heterocycles. The Labute approximate surface area is 274 Å². The first kappa shape index (κ1) is 29.3. The summed E-state index contributed by atoms with van der Waals surface area (Å²) >= 11 is 1.08. The molecule has 3 aromatic heterocycles. The highest BCUT2D eigenvalue weighted by Crippen LogP contribution is 2.43. The number of hydrogen-bond acceptors (Lipinski definition) is 10. The molecule has 9 rings (SSSR count). The second-order valence-electron chi connectivity index (χ2n) is 14.1. The molecule has 1 aliphatic carbocycles. The molecular weight excluding hydrogens is 622 g/mol. The highest BCUT2D eigenvalue weighted by atomic mass is 32.1. The molecule has 2 unspecified atom stereocenters. The van der Waals surface area contributed by atoms with Crippen LogP contribution in [-0.4, -0.2) is 76.0 Å². The fraction of sp³-hybridized carbons (Fsp3) is 0.529. The molecule has 3 N–H and O–H groups in total. The van der Waals surface area contributed by atoms with Gasteiger partial charge in [-0.3, -0.25) is 9.69 Å². The van der Waals surface area contributed by atoms with Crippen LogP contribution in [0.1, 0.15) is 50.5 Å². The van der Waals surface area contributed by atoms with Crippen molar-refractivity contribution in [3.63, 3.8) is 0 Å². The Morgan fingerprint density at radius 2 is 1.98 bits per heavy atom. The van der Waals surface area contributed by atoms with Gasteiger partial charge in [-0.2, -0.15) is 5.26 Å². The van der Waals surface area contributed by atoms with E-state index >= 15 is 0 Å². The average molecular weight is 659 g/mol. The van der Waals surface area contributed by atoms with Gasteiger partial charge in [-0.05, 0) is 69.2 Å². The van der Waals surface area contributed by atoms with Gasteiger partial charge in [-0.15, -0.1) is 0 Å². The standard InChI is InChI=1S/C34H36F2N8O2S/c35-19-11-34(8-1-9-43(34)14-19)17-46-31-23(12-37)29(42-15-20-4-5-21(16-42)39-20)27-25(40-31)10-26(44(32(27)45)13-18-2-3-18)22-6-7-24(36)30-28(22)41-33(38)47-30/h6-7,10,18-21,39H,1-5,8-9,11,13-17H2,(H2,38,41)/t19-,20?,21?,34+/m1/s1. The number of nitriles is 1. The molecule has 0 amide bonds. The summed E-state index contributed by atoms with van der Waals surface area (Å²) in [5.74, 6) is 0.0988. The smallest absolute Gasteiger partial charge is 0.262 e. The van der Waals surface area contributed by atoms with Gasteiger partial charge in [0.05, 0.1) is 38.0 Å². The first-order valence-corrected chi connectivity index (χ1v) is 17.5. The lowest BCUT2D eigenvalue weighted by molar-refractivity contribution is 0.110. The molecule has 244 valence electrons. The molecule has 1 saturated carbocycles. The van der Waals surface area contributed by atoms with Crippen LogP contribution in [0.4, 0.5) is 19.6 Å². The molecule has 1 aromatic carbocycles. The molecule has 4 atom stereocenters. The number of benzene rings is 1. The number of ether oxygens (including phenoxy) is 1. The molecular formula is C34H36F2N8O2S. The number of nitrogens with one attached hydrogen (secondary N) is 1. The summed E-state index contributed by atoms with van der Waals surface area (Å²) in [6.45, 7) is 3.25. The van der Waals surface area contributed by atoms with E-state index in [1.165, 1.54) is 6.07 Å². The minimum absolute atomic E-state index is 0.164. The number of aromatic nitrogens is 3. The Balaban J connectivity index is 1.26. The van der Waals surface area contributed by atoms with Gasteiger partial charge >= 0.3 is 0 Å². The number of rotatable bonds is 7. The largest absolute Gasteiger partial charge is 0.475 e. The third-order valence-corrected chi connectivity index (χ3v) is 11.9. The summed E-state index contributed by atoms with van der Waals surface area (Å²) in [7, 11) is 0. The minimum atomic E-state index is -0.912. The van der Waals surface area contributed by atoms with E-state index in [-0.39, 0.29) is 40.8 Å². The summed E-state index contributed by atoms with van der Waals surface area (Å²) in [6.07, 6.45) is 5.38. The van der Waals surface area contributed by atoms with Crippen molar-refractivity contribution >= 4 is 43.3 Å². The van der Waals surface area contributed by atoms with Gasteiger partial charge in [0.2, 0.25) is 5.88 Å². The molecule has 4 aromatic rings. The Morgan fingerprint density at radius 3 is 2.74 bits per heavy atom. The number of anilines is 2. The Kier molecular flexibility index (Phi) is 6.75. The van der Waals surface area contributed by atoms with Gasteiger partial charge in [-0.1, -0.05) is 11.3 Å². The summed E-state index contributed by atoms with van der Waals surface area (Å²) in [5.41, 5.74) is 8.17. The summed E-state index contributed by atoms with van der Waals surface area (Å²) in [6, 6.07) is 7.80. The third kappa shape index (κ3) is 4.78. The molecule has 10 nitrogen and oxygen atoms in total. The van der Waals surface area contributed by atoms with Crippen molar-refractivity contribution in [2.75, 3.05) is 43.4 Å². The van der Waals surface area contributed by atoms with E-state index in [0.717, 1.165) is 56.4 Å². The van der Waals surface area contributed by atoms with Crippen molar-refractivity contribution in [1.82, 2.24) is 24.8 Å². The van der Waals surface area contributed by atoms with Gasteiger partial charge < -0.3 is 25.3 Å². The second kappa shape index (κ2) is 10.8. The third-order valence-electron chi connectivity index (χ3n) is 11.0. The van der Waals surface area contributed by atoms with Crippen LogP contribution in [0.3, 0.4) is 0 Å². The van der Waals surface area contributed by atoms with Crippen LogP contribution >= 0.6 is 11.3 Å². The average Bonchev–Trinajstić information content (AvgIpc) is 3.31. The number of nitrogen functional groups attached to an aromatic ring is 1. The van der Waals surface area contributed by atoms with Gasteiger partial charge in [0.1, 0.15) is 30.2 Å². The molecule has 4 aliphatic heterocycles. The SMILES string of the molecule is N#Cc1c(OC[C@@]23CCCN2C[C@H](F)C3)nc2cc(-c3ccc(F)c4sc(N)nc34)n(CC3CC3)c(=O)c2c1N1CC2CCC(C1)N2. The number of fused-ring (bicyclic) bond motifs is 5. The quantitative estimate of drug-likeness (QED) is 0.294. The van der Waals surface area contributed by atoms with Crippen molar-refractivity contribution in [3.8, 4) is 23.2 Å². The number of nitrogens with two attached hydrogens (primary N) is 1. The number of piperazine rings is 1. The van der Waals surface area contributed by atoms with Gasteiger partial charge in [0.25, 0.3) is 5.56 Å². The van der Waals surface area contributed by atoms with Crippen LogP contribution in [-0.2, 0) is 6.54 Å². The topological polar surface area (TPSA) is 125 Å². The van der Waals surface area contributed by atoms with Crippen molar-refractivity contribution < 1.29 is 13.5 Å². The molecule has 5 fully saturated rings. The van der Waals surface area contributed by atoms with Crippen LogP contribution in [0, 0.1) is 23.1 Å². The van der Waals surface area contributed by atoms with Crippen LogP contribution in [0.5, 0.6) is 5.88 Å². The first-order valence-electron chi connectivity index (χ1n) is 16.7. The van der Waals surface area contributed by atoms with E-state index in [1.54, 1.807) is 10.6 Å². The summed E-state index contributed by atoms with van der Waals surface area (Å²) in [5, 5.41) is 15.0. The van der Waals surface area contributed by atoms with E-state index in [2.05, 4.69) is 26.2 Å². The maximum Gasteiger partial charge on any atom is 0.262 e. The van der Waals surface area contributed by atoms with Crippen LogP contribution in [0.2, 0.25) is 0 Å². The second-order valence-corrected chi connectivity index (χ2v) is 15.2. The normalized spacial score (nSPS) is 27.2.